The van der Waals surface area contributed by atoms with Crippen LogP contribution < -0.4 is 10.5 Å². The Morgan fingerprint density at radius 1 is 1.08 bits per heavy atom. The van der Waals surface area contributed by atoms with Crippen molar-refractivity contribution in [2.24, 2.45) is 5.73 Å². The molecule has 0 radical (unpaired) electrons. The predicted molar refractivity (Wildman–Crippen MR) is 98.4 cm³/mol. The summed E-state index contributed by atoms with van der Waals surface area (Å²) in [5.41, 5.74) is 7.39. The summed E-state index contributed by atoms with van der Waals surface area (Å²) in [6.45, 7) is 9.46. The lowest BCUT2D eigenvalue weighted by atomic mass is 10.1. The highest BCUT2D eigenvalue weighted by Crippen LogP contribution is 2.21. The molecule has 2 aliphatic heterocycles. The van der Waals surface area contributed by atoms with Crippen LogP contribution in [0.15, 0.2) is 24.3 Å². The van der Waals surface area contributed by atoms with Crippen LogP contribution in [0, 0.1) is 0 Å². The van der Waals surface area contributed by atoms with E-state index in [0.717, 1.165) is 71.1 Å². The van der Waals surface area contributed by atoms with Crippen molar-refractivity contribution < 1.29 is 4.74 Å². The van der Waals surface area contributed by atoms with E-state index in [1.165, 1.54) is 12.0 Å². The van der Waals surface area contributed by atoms with E-state index in [1.807, 2.05) is 0 Å². The van der Waals surface area contributed by atoms with Crippen LogP contribution in [0.3, 0.4) is 0 Å². The van der Waals surface area contributed by atoms with Gasteiger partial charge < -0.3 is 15.4 Å². The zero-order valence-corrected chi connectivity index (χ0v) is 15.0. The van der Waals surface area contributed by atoms with Gasteiger partial charge in [-0.1, -0.05) is 18.2 Å². The van der Waals surface area contributed by atoms with E-state index in [-0.39, 0.29) is 0 Å². The van der Waals surface area contributed by atoms with Gasteiger partial charge in [-0.25, -0.2) is 0 Å². The van der Waals surface area contributed by atoms with E-state index >= 15 is 0 Å². The molecule has 0 amide bonds. The van der Waals surface area contributed by atoms with E-state index in [2.05, 4.69) is 46.0 Å². The van der Waals surface area contributed by atoms with E-state index in [0.29, 0.717) is 6.04 Å². The number of ether oxygens (including phenoxy) is 1. The standard InChI is InChI=1S/C19H32N4O/c1-21-9-11-22(12-10-21)13-14-24-19-7-3-2-5-17(19)15-23-8-4-6-18(20)16-23/h2-3,5,7,18H,4,6,8-16,20H2,1H3. The third kappa shape index (κ3) is 5.18. The van der Waals surface area contributed by atoms with Crippen LogP contribution in [0.25, 0.3) is 0 Å². The largest absolute Gasteiger partial charge is 0.492 e. The molecule has 1 aromatic carbocycles. The summed E-state index contributed by atoms with van der Waals surface area (Å²) >= 11 is 0. The third-order valence-electron chi connectivity index (χ3n) is 5.17. The Bertz CT molecular complexity index is 502. The molecule has 1 atom stereocenters. The third-order valence-corrected chi connectivity index (χ3v) is 5.17. The maximum absolute atomic E-state index is 6.12. The molecular formula is C19H32N4O. The van der Waals surface area contributed by atoms with Gasteiger partial charge in [0.05, 0.1) is 0 Å². The normalized spacial score (nSPS) is 24.2. The maximum Gasteiger partial charge on any atom is 0.123 e. The first-order chi connectivity index (χ1) is 11.7. The van der Waals surface area contributed by atoms with Gasteiger partial charge in [-0.2, -0.15) is 0 Å². The van der Waals surface area contributed by atoms with Gasteiger partial charge in [0.2, 0.25) is 0 Å². The molecule has 1 aromatic rings. The lowest BCUT2D eigenvalue weighted by molar-refractivity contribution is 0.132. The summed E-state index contributed by atoms with van der Waals surface area (Å²) in [7, 11) is 2.19. The molecular weight excluding hydrogens is 300 g/mol. The molecule has 24 heavy (non-hydrogen) atoms. The molecule has 1 unspecified atom stereocenters. The van der Waals surface area contributed by atoms with Crippen molar-refractivity contribution in [1.29, 1.82) is 0 Å². The Balaban J connectivity index is 1.48. The SMILES string of the molecule is CN1CCN(CCOc2ccccc2CN2CCCC(N)C2)CC1. The summed E-state index contributed by atoms with van der Waals surface area (Å²) in [5, 5.41) is 0. The second kappa shape index (κ2) is 8.81. The first-order valence-electron chi connectivity index (χ1n) is 9.30. The number of rotatable bonds is 6. The molecule has 2 saturated heterocycles. The number of benzene rings is 1. The predicted octanol–water partition coefficient (Wildman–Crippen LogP) is 1.24. The average molecular weight is 332 g/mol. The van der Waals surface area contributed by atoms with Crippen LogP contribution in [0.4, 0.5) is 0 Å². The quantitative estimate of drug-likeness (QED) is 0.849. The molecule has 2 N–H and O–H groups in total. The molecule has 3 rings (SSSR count). The lowest BCUT2D eigenvalue weighted by Crippen LogP contribution is -2.45. The Kier molecular flexibility index (Phi) is 6.49. The summed E-state index contributed by atoms with van der Waals surface area (Å²) in [6.07, 6.45) is 2.35. The van der Waals surface area contributed by atoms with Gasteiger partial charge in [-0.3, -0.25) is 9.80 Å². The maximum atomic E-state index is 6.12. The number of hydrogen-bond acceptors (Lipinski definition) is 5. The number of hydrogen-bond donors (Lipinski definition) is 1. The molecule has 134 valence electrons. The average Bonchev–Trinajstić information content (AvgIpc) is 2.58. The lowest BCUT2D eigenvalue weighted by Gasteiger charge is -2.32. The Labute approximate surface area is 146 Å². The van der Waals surface area contributed by atoms with Gasteiger partial charge in [0.1, 0.15) is 12.4 Å². The van der Waals surface area contributed by atoms with Crippen LogP contribution >= 0.6 is 0 Å². The summed E-state index contributed by atoms with van der Waals surface area (Å²) in [5.74, 6) is 1.03. The van der Waals surface area contributed by atoms with Gasteiger partial charge in [0.15, 0.2) is 0 Å². The van der Waals surface area contributed by atoms with Crippen molar-refractivity contribution >= 4 is 0 Å². The summed E-state index contributed by atoms with van der Waals surface area (Å²) in [6, 6.07) is 8.78. The fourth-order valence-corrected chi connectivity index (χ4v) is 3.61. The number of likely N-dealkylation sites (N-methyl/N-ethyl adjacent to an activating group) is 1. The van der Waals surface area contributed by atoms with Crippen LogP contribution in [0.5, 0.6) is 5.75 Å². The molecule has 0 aromatic heterocycles. The Morgan fingerprint density at radius 2 is 1.88 bits per heavy atom. The summed E-state index contributed by atoms with van der Waals surface area (Å²) in [4.78, 5) is 7.33. The van der Waals surface area contributed by atoms with Gasteiger partial charge in [0, 0.05) is 57.4 Å². The number of piperidine rings is 1. The highest BCUT2D eigenvalue weighted by atomic mass is 16.5. The molecule has 5 nitrogen and oxygen atoms in total. The number of likely N-dealkylation sites (tertiary alicyclic amines) is 1. The van der Waals surface area contributed by atoms with E-state index in [9.17, 15) is 0 Å². The first kappa shape index (κ1) is 17.7. The minimum absolute atomic E-state index is 0.323. The number of para-hydroxylation sites is 1. The van der Waals surface area contributed by atoms with Gasteiger partial charge >= 0.3 is 0 Å². The fourth-order valence-electron chi connectivity index (χ4n) is 3.61. The summed E-state index contributed by atoms with van der Waals surface area (Å²) < 4.78 is 6.12. The molecule has 5 heteroatoms. The van der Waals surface area contributed by atoms with Crippen molar-refractivity contribution in [3.05, 3.63) is 29.8 Å². The Hall–Kier alpha value is -1.14. The minimum Gasteiger partial charge on any atom is -0.492 e. The van der Waals surface area contributed by atoms with Crippen molar-refractivity contribution in [3.63, 3.8) is 0 Å². The first-order valence-corrected chi connectivity index (χ1v) is 9.30. The molecule has 2 fully saturated rings. The molecule has 0 aliphatic carbocycles. The van der Waals surface area contributed by atoms with E-state index in [4.69, 9.17) is 10.5 Å². The highest BCUT2D eigenvalue weighted by molar-refractivity contribution is 5.33. The zero-order chi connectivity index (χ0) is 16.8. The molecule has 2 aliphatic rings. The van der Waals surface area contributed by atoms with Gasteiger partial charge in [-0.15, -0.1) is 0 Å². The Morgan fingerprint density at radius 3 is 2.67 bits per heavy atom. The highest BCUT2D eigenvalue weighted by Gasteiger charge is 2.18. The van der Waals surface area contributed by atoms with Crippen molar-refractivity contribution in [3.8, 4) is 5.75 Å². The molecule has 2 heterocycles. The van der Waals surface area contributed by atoms with E-state index in [1.54, 1.807) is 0 Å². The monoisotopic (exact) mass is 332 g/mol. The minimum atomic E-state index is 0.323. The van der Waals surface area contributed by atoms with Crippen LogP contribution in [-0.4, -0.2) is 80.2 Å². The molecule has 0 saturated carbocycles. The second-order valence-electron chi connectivity index (χ2n) is 7.24. The van der Waals surface area contributed by atoms with Crippen LogP contribution in [0.1, 0.15) is 18.4 Å². The molecule has 0 spiro atoms. The van der Waals surface area contributed by atoms with Crippen LogP contribution in [0.2, 0.25) is 0 Å². The number of nitrogens with two attached hydrogens (primary N) is 1. The second-order valence-corrected chi connectivity index (χ2v) is 7.24. The fraction of sp³-hybridized carbons (Fsp3) is 0.684. The number of nitrogens with zero attached hydrogens (tertiary/aromatic N) is 3. The zero-order valence-electron chi connectivity index (χ0n) is 15.0. The smallest absolute Gasteiger partial charge is 0.123 e. The van der Waals surface area contributed by atoms with Crippen LogP contribution in [-0.2, 0) is 6.54 Å². The van der Waals surface area contributed by atoms with Crippen molar-refractivity contribution in [1.82, 2.24) is 14.7 Å². The van der Waals surface area contributed by atoms with Gasteiger partial charge in [0.25, 0.3) is 0 Å². The number of piperazine rings is 1. The van der Waals surface area contributed by atoms with Crippen molar-refractivity contribution in [2.75, 3.05) is 59.5 Å². The molecule has 0 bridgehead atoms. The van der Waals surface area contributed by atoms with Crippen molar-refractivity contribution in [2.45, 2.75) is 25.4 Å². The topological polar surface area (TPSA) is 45.0 Å². The van der Waals surface area contributed by atoms with E-state index < -0.39 is 0 Å². The van der Waals surface area contributed by atoms with Gasteiger partial charge in [-0.05, 0) is 32.5 Å².